The van der Waals surface area contributed by atoms with E-state index in [4.69, 9.17) is 0 Å². The Bertz CT molecular complexity index is 767. The van der Waals surface area contributed by atoms with Crippen LogP contribution in [0.1, 0.15) is 32.5 Å². The van der Waals surface area contributed by atoms with Crippen molar-refractivity contribution in [1.29, 1.82) is 0 Å². The average molecular weight is 433 g/mol. The molecule has 0 aliphatic heterocycles. The quantitative estimate of drug-likeness (QED) is 0.684. The van der Waals surface area contributed by atoms with Gasteiger partial charge in [0, 0.05) is 5.57 Å². The molecule has 3 atom stereocenters. The molecule has 14 heteroatoms. The zero-order valence-corrected chi connectivity index (χ0v) is 14.9. The van der Waals surface area contributed by atoms with Gasteiger partial charge in [-0.1, -0.05) is 0 Å². The fourth-order valence-corrected chi connectivity index (χ4v) is 2.20. The van der Waals surface area contributed by atoms with E-state index in [1.807, 2.05) is 10.6 Å². The Morgan fingerprint density at radius 1 is 0.931 bits per heavy atom. The monoisotopic (exact) mass is 433 g/mol. The van der Waals surface area contributed by atoms with E-state index in [1.54, 1.807) is 0 Å². The van der Waals surface area contributed by atoms with E-state index in [2.05, 4.69) is 15.0 Å². The van der Waals surface area contributed by atoms with Crippen LogP contribution in [0.2, 0.25) is 0 Å². The third-order valence-corrected chi connectivity index (χ3v) is 3.99. The molecule has 0 saturated carbocycles. The standard InChI is InChI=1S/C15H15F8N5O/c1-5(14(18,19)20)24-12-26-11(7-3-4-8(16)10(29)9(7)17)27-13(28-12)25-6(2)15(21,22)23/h5-6,8H,3-4H2,1-2H3,(H2,24,25,26,27,28)/t5-,6?,8+/m1/s1. The first-order chi connectivity index (χ1) is 13.2. The van der Waals surface area contributed by atoms with Gasteiger partial charge in [-0.15, -0.1) is 0 Å². The molecule has 1 heterocycles. The summed E-state index contributed by atoms with van der Waals surface area (Å²) in [6.07, 6.45) is -12.4. The predicted molar refractivity (Wildman–Crippen MR) is 85.3 cm³/mol. The van der Waals surface area contributed by atoms with Crippen LogP contribution in [-0.2, 0) is 4.79 Å². The Kier molecular flexibility index (Phi) is 6.33. The van der Waals surface area contributed by atoms with Crippen molar-refractivity contribution in [3.8, 4) is 0 Å². The molecule has 0 spiro atoms. The minimum Gasteiger partial charge on any atom is -0.343 e. The number of anilines is 2. The molecule has 0 amide bonds. The maximum atomic E-state index is 14.1. The molecule has 0 saturated heterocycles. The van der Waals surface area contributed by atoms with Gasteiger partial charge < -0.3 is 10.6 Å². The fraction of sp³-hybridized carbons (Fsp3) is 0.600. The minimum absolute atomic E-state index is 0.384. The van der Waals surface area contributed by atoms with Crippen LogP contribution in [0, 0.1) is 0 Å². The van der Waals surface area contributed by atoms with Gasteiger partial charge in [-0.25, -0.2) is 8.78 Å². The van der Waals surface area contributed by atoms with Gasteiger partial charge in [-0.05, 0) is 26.7 Å². The number of halogens is 8. The number of aromatic nitrogens is 3. The first kappa shape index (κ1) is 22.7. The molecule has 0 fully saturated rings. The van der Waals surface area contributed by atoms with Crippen LogP contribution >= 0.6 is 0 Å². The first-order valence-corrected chi connectivity index (χ1v) is 8.20. The number of ketones is 1. The average Bonchev–Trinajstić information content (AvgIpc) is 2.58. The lowest BCUT2D eigenvalue weighted by molar-refractivity contribution is -0.139. The summed E-state index contributed by atoms with van der Waals surface area (Å²) in [5, 5.41) is 3.67. The number of alkyl halides is 7. The molecule has 2 N–H and O–H groups in total. The van der Waals surface area contributed by atoms with Gasteiger partial charge in [0.1, 0.15) is 12.1 Å². The zero-order chi connectivity index (χ0) is 22.1. The molecular formula is C15H15F8N5O. The Morgan fingerprint density at radius 3 is 1.79 bits per heavy atom. The second kappa shape index (κ2) is 8.06. The van der Waals surface area contributed by atoms with Gasteiger partial charge >= 0.3 is 12.4 Å². The maximum Gasteiger partial charge on any atom is 0.408 e. The molecule has 0 radical (unpaired) electrons. The minimum atomic E-state index is -4.74. The molecule has 29 heavy (non-hydrogen) atoms. The van der Waals surface area contributed by atoms with Crippen molar-refractivity contribution in [3.63, 3.8) is 0 Å². The van der Waals surface area contributed by atoms with E-state index in [0.717, 1.165) is 0 Å². The summed E-state index contributed by atoms with van der Waals surface area (Å²) < 4.78 is 104. The van der Waals surface area contributed by atoms with Crippen LogP contribution < -0.4 is 10.6 Å². The van der Waals surface area contributed by atoms with Crippen molar-refractivity contribution in [2.45, 2.75) is 57.3 Å². The van der Waals surface area contributed by atoms with Crippen LogP contribution in [0.3, 0.4) is 0 Å². The number of nitrogens with one attached hydrogen (secondary N) is 2. The lowest BCUT2D eigenvalue weighted by Crippen LogP contribution is -2.35. The highest BCUT2D eigenvalue weighted by molar-refractivity contribution is 6.04. The Balaban J connectivity index is 2.48. The third-order valence-electron chi connectivity index (χ3n) is 3.99. The SMILES string of the molecule is CC(Nc1nc(N[C@H](C)C(F)(F)F)nc(C2=C(F)C(=O)[C@@H](F)CC2)n1)C(F)(F)F. The van der Waals surface area contributed by atoms with Crippen LogP contribution in [0.25, 0.3) is 5.57 Å². The van der Waals surface area contributed by atoms with Crippen LogP contribution in [0.5, 0.6) is 0 Å². The van der Waals surface area contributed by atoms with Crippen LogP contribution in [-0.4, -0.2) is 51.3 Å². The topological polar surface area (TPSA) is 79.8 Å². The highest BCUT2D eigenvalue weighted by Gasteiger charge is 2.39. The van der Waals surface area contributed by atoms with Gasteiger partial charge in [0.05, 0.1) is 0 Å². The fourth-order valence-electron chi connectivity index (χ4n) is 2.20. The summed E-state index contributed by atoms with van der Waals surface area (Å²) in [6, 6.07) is -4.40. The van der Waals surface area contributed by atoms with Gasteiger partial charge in [-0.3, -0.25) is 4.79 Å². The maximum absolute atomic E-state index is 14.1. The second-order valence-electron chi connectivity index (χ2n) is 6.28. The Hall–Kier alpha value is -2.54. The summed E-state index contributed by atoms with van der Waals surface area (Å²) in [7, 11) is 0. The van der Waals surface area contributed by atoms with Crippen molar-refractivity contribution >= 4 is 23.3 Å². The lowest BCUT2D eigenvalue weighted by atomic mass is 9.95. The number of allylic oxidation sites excluding steroid dienone is 2. The molecule has 1 aliphatic carbocycles. The smallest absolute Gasteiger partial charge is 0.343 e. The van der Waals surface area contributed by atoms with E-state index in [1.165, 1.54) is 0 Å². The number of Topliss-reactive ketones (excluding diaryl/α,β-unsaturated/α-hetero) is 1. The van der Waals surface area contributed by atoms with E-state index in [-0.39, 0.29) is 6.42 Å². The van der Waals surface area contributed by atoms with Crippen molar-refractivity contribution < 1.29 is 39.9 Å². The molecule has 2 rings (SSSR count). The molecule has 0 bridgehead atoms. The second-order valence-corrected chi connectivity index (χ2v) is 6.28. The summed E-state index contributed by atoms with van der Waals surface area (Å²) in [5.74, 6) is -5.31. The molecule has 1 aromatic rings. The summed E-state index contributed by atoms with van der Waals surface area (Å²) in [4.78, 5) is 22.1. The number of carbonyl (C=O) groups is 1. The van der Waals surface area contributed by atoms with E-state index in [9.17, 15) is 39.9 Å². The number of rotatable bonds is 5. The molecule has 1 aliphatic rings. The van der Waals surface area contributed by atoms with Gasteiger partial charge in [0.2, 0.25) is 17.7 Å². The lowest BCUT2D eigenvalue weighted by Gasteiger charge is -2.21. The van der Waals surface area contributed by atoms with Crippen molar-refractivity contribution in [1.82, 2.24) is 15.0 Å². The van der Waals surface area contributed by atoms with Crippen molar-refractivity contribution in [2.75, 3.05) is 10.6 Å². The highest BCUT2D eigenvalue weighted by Crippen LogP contribution is 2.32. The van der Waals surface area contributed by atoms with Crippen molar-refractivity contribution in [3.05, 3.63) is 11.7 Å². The van der Waals surface area contributed by atoms with Crippen molar-refractivity contribution in [2.24, 2.45) is 0 Å². The number of carbonyl (C=O) groups excluding carboxylic acids is 1. The van der Waals surface area contributed by atoms with Gasteiger partial charge in [0.25, 0.3) is 0 Å². The largest absolute Gasteiger partial charge is 0.408 e. The third kappa shape index (κ3) is 5.50. The van der Waals surface area contributed by atoms with Crippen LogP contribution in [0.4, 0.5) is 47.0 Å². The molecule has 1 aromatic heterocycles. The Labute approximate surface area is 158 Å². The first-order valence-electron chi connectivity index (χ1n) is 8.20. The zero-order valence-electron chi connectivity index (χ0n) is 14.9. The van der Waals surface area contributed by atoms with Gasteiger partial charge in [0.15, 0.2) is 17.8 Å². The number of nitrogens with zero attached hydrogens (tertiary/aromatic N) is 3. The summed E-state index contributed by atoms with van der Waals surface area (Å²) in [5.41, 5.74) is -0.531. The molecule has 0 aromatic carbocycles. The van der Waals surface area contributed by atoms with Gasteiger partial charge in [-0.2, -0.15) is 41.3 Å². The summed E-state index contributed by atoms with van der Waals surface area (Å²) in [6.45, 7) is 1.40. The highest BCUT2D eigenvalue weighted by atomic mass is 19.4. The van der Waals surface area contributed by atoms with Crippen LogP contribution in [0.15, 0.2) is 5.83 Å². The van der Waals surface area contributed by atoms with E-state index < -0.39 is 71.9 Å². The molecule has 162 valence electrons. The Morgan fingerprint density at radius 2 is 1.38 bits per heavy atom. The number of hydrogen-bond donors (Lipinski definition) is 2. The van der Waals surface area contributed by atoms with E-state index in [0.29, 0.717) is 13.8 Å². The normalized spacial score (nSPS) is 20.5. The predicted octanol–water partition coefficient (Wildman–Crippen LogP) is 3.98. The molecular weight excluding hydrogens is 418 g/mol. The molecule has 1 unspecified atom stereocenters. The molecule has 6 nitrogen and oxygen atoms in total. The van der Waals surface area contributed by atoms with E-state index >= 15 is 0 Å². The number of hydrogen-bond acceptors (Lipinski definition) is 6. The summed E-state index contributed by atoms with van der Waals surface area (Å²) >= 11 is 0.